The number of rotatable bonds is 4. The van der Waals surface area contributed by atoms with Crippen molar-refractivity contribution in [1.29, 1.82) is 0 Å². The summed E-state index contributed by atoms with van der Waals surface area (Å²) in [5.41, 5.74) is 0.0368. The summed E-state index contributed by atoms with van der Waals surface area (Å²) in [5, 5.41) is 18.4. The smallest absolute Gasteiger partial charge is 0.337 e. The van der Waals surface area contributed by atoms with Crippen LogP contribution in [0, 0.1) is 0 Å². The maximum Gasteiger partial charge on any atom is 0.337 e. The summed E-state index contributed by atoms with van der Waals surface area (Å²) in [4.78, 5) is 22.1. The van der Waals surface area contributed by atoms with Crippen molar-refractivity contribution in [2.45, 2.75) is 17.9 Å². The second kappa shape index (κ2) is 5.62. The lowest BCUT2D eigenvalue weighted by molar-refractivity contribution is -0.146. The highest BCUT2D eigenvalue weighted by Crippen LogP contribution is 2.28. The van der Waals surface area contributed by atoms with E-state index < -0.39 is 16.9 Å². The van der Waals surface area contributed by atoms with Gasteiger partial charge >= 0.3 is 5.97 Å². The highest BCUT2D eigenvalue weighted by Gasteiger charge is 2.26. The van der Waals surface area contributed by atoms with E-state index in [0.29, 0.717) is 0 Å². The van der Waals surface area contributed by atoms with Crippen LogP contribution >= 0.6 is 27.5 Å². The van der Waals surface area contributed by atoms with Gasteiger partial charge in [0.1, 0.15) is 0 Å². The Morgan fingerprint density at radius 1 is 1.41 bits per heavy atom. The molecule has 17 heavy (non-hydrogen) atoms. The van der Waals surface area contributed by atoms with Gasteiger partial charge in [-0.15, -0.1) is 0 Å². The summed E-state index contributed by atoms with van der Waals surface area (Å²) in [5.74, 6) is -1.80. The van der Waals surface area contributed by atoms with Crippen molar-refractivity contribution in [1.82, 2.24) is 0 Å². The molecule has 0 aliphatic rings. The largest absolute Gasteiger partial charge is 0.479 e. The minimum Gasteiger partial charge on any atom is -0.479 e. The van der Waals surface area contributed by atoms with Gasteiger partial charge in [-0.05, 0) is 13.0 Å². The molecule has 92 valence electrons. The number of ketones is 1. The van der Waals surface area contributed by atoms with Crippen LogP contribution in [0.15, 0.2) is 18.2 Å². The van der Waals surface area contributed by atoms with E-state index >= 15 is 0 Å². The molecule has 1 aromatic carbocycles. The monoisotopic (exact) mass is 320 g/mol. The fourth-order valence-corrected chi connectivity index (χ4v) is 1.86. The predicted molar refractivity (Wildman–Crippen MR) is 66.8 cm³/mol. The number of alkyl halides is 1. The molecular formula is C11H10BrClO4. The molecule has 0 saturated heterocycles. The summed E-state index contributed by atoms with van der Waals surface area (Å²) in [6.45, 7) is 1.60. The second-order valence-electron chi connectivity index (χ2n) is 3.43. The van der Waals surface area contributed by atoms with E-state index in [1.54, 1.807) is 6.92 Å². The quantitative estimate of drug-likeness (QED) is 0.660. The number of hydrogen-bond acceptors (Lipinski definition) is 3. The Morgan fingerprint density at radius 2 is 2.00 bits per heavy atom. The third-order valence-corrected chi connectivity index (χ3v) is 2.91. The molecule has 1 rings (SSSR count). The van der Waals surface area contributed by atoms with Crippen LogP contribution in [0.3, 0.4) is 0 Å². The summed E-state index contributed by atoms with van der Waals surface area (Å²) in [6, 6.07) is 4.33. The molecular weight excluding hydrogens is 311 g/mol. The number of aliphatic hydroxyl groups is 1. The summed E-state index contributed by atoms with van der Waals surface area (Å²) >= 11 is 8.97. The molecule has 0 bridgehead atoms. The van der Waals surface area contributed by atoms with Gasteiger partial charge in [-0.1, -0.05) is 39.7 Å². The highest BCUT2D eigenvalue weighted by atomic mass is 79.9. The molecule has 0 aliphatic carbocycles. The number of carboxylic acids is 1. The van der Waals surface area contributed by atoms with Gasteiger partial charge in [0.05, 0.1) is 9.85 Å². The van der Waals surface area contributed by atoms with Gasteiger partial charge in [-0.3, -0.25) is 4.79 Å². The number of carboxylic acid groups (broad SMARTS) is 1. The van der Waals surface area contributed by atoms with E-state index in [1.165, 1.54) is 18.2 Å². The van der Waals surface area contributed by atoms with Gasteiger partial charge in [-0.2, -0.15) is 0 Å². The fourth-order valence-electron chi connectivity index (χ4n) is 1.36. The normalized spacial score (nSPS) is 14.1. The van der Waals surface area contributed by atoms with E-state index in [2.05, 4.69) is 15.9 Å². The Balaban J connectivity index is 3.36. The first-order valence-corrected chi connectivity index (χ1v) is 6.03. The maximum atomic E-state index is 11.9. The summed E-state index contributed by atoms with van der Waals surface area (Å²) in [6.07, 6.45) is -1.76. The third kappa shape index (κ3) is 3.06. The van der Waals surface area contributed by atoms with E-state index in [9.17, 15) is 14.7 Å². The lowest BCUT2D eigenvalue weighted by atomic mass is 9.98. The van der Waals surface area contributed by atoms with Crippen molar-refractivity contribution < 1.29 is 19.8 Å². The minimum absolute atomic E-state index is 0.00120. The molecule has 0 aromatic heterocycles. The fraction of sp³-hybridized carbons (Fsp3) is 0.273. The van der Waals surface area contributed by atoms with Crippen LogP contribution in [-0.2, 0) is 4.79 Å². The maximum absolute atomic E-state index is 11.9. The number of benzene rings is 1. The first-order valence-electron chi connectivity index (χ1n) is 4.73. The number of carbonyl (C=O) groups excluding carboxylic acids is 1. The molecule has 0 radical (unpaired) electrons. The molecule has 0 saturated carbocycles. The van der Waals surface area contributed by atoms with Crippen molar-refractivity contribution in [3.05, 3.63) is 34.3 Å². The molecule has 6 heteroatoms. The molecule has 0 aliphatic heterocycles. The first kappa shape index (κ1) is 14.2. The van der Waals surface area contributed by atoms with Crippen molar-refractivity contribution in [3.8, 4) is 0 Å². The van der Waals surface area contributed by atoms with Gasteiger partial charge in [-0.25, -0.2) is 4.79 Å². The van der Waals surface area contributed by atoms with Crippen LogP contribution in [0.2, 0.25) is 5.02 Å². The molecule has 0 fully saturated rings. The van der Waals surface area contributed by atoms with E-state index in [-0.39, 0.29) is 21.9 Å². The summed E-state index contributed by atoms with van der Waals surface area (Å²) in [7, 11) is 0. The van der Waals surface area contributed by atoms with Gasteiger partial charge in [0, 0.05) is 11.1 Å². The number of aliphatic hydroxyl groups excluding tert-OH is 1. The number of Topliss-reactive ketones (excluding diaryl/α,β-unsaturated/α-hetero) is 1. The Morgan fingerprint density at radius 3 is 2.47 bits per heavy atom. The molecule has 2 N–H and O–H groups in total. The van der Waals surface area contributed by atoms with E-state index in [4.69, 9.17) is 16.7 Å². The van der Waals surface area contributed by atoms with Crippen molar-refractivity contribution >= 4 is 39.3 Å². The zero-order valence-corrected chi connectivity index (χ0v) is 11.2. The van der Waals surface area contributed by atoms with Crippen LogP contribution in [0.5, 0.6) is 0 Å². The van der Waals surface area contributed by atoms with Crippen molar-refractivity contribution in [2.75, 3.05) is 0 Å². The Hall–Kier alpha value is -0.910. The molecule has 0 spiro atoms. The molecule has 0 amide bonds. The van der Waals surface area contributed by atoms with Gasteiger partial charge < -0.3 is 10.2 Å². The molecule has 1 aromatic rings. The lowest BCUT2D eigenvalue weighted by Gasteiger charge is -2.14. The van der Waals surface area contributed by atoms with E-state index in [0.717, 1.165) is 0 Å². The highest BCUT2D eigenvalue weighted by molar-refractivity contribution is 9.10. The topological polar surface area (TPSA) is 74.6 Å². The zero-order valence-electron chi connectivity index (χ0n) is 8.85. The van der Waals surface area contributed by atoms with Crippen LogP contribution in [-0.4, -0.2) is 26.8 Å². The van der Waals surface area contributed by atoms with Gasteiger partial charge in [0.15, 0.2) is 11.9 Å². The van der Waals surface area contributed by atoms with Crippen LogP contribution in [0.25, 0.3) is 0 Å². The standard InChI is InChI=1S/C11H10BrClO4/c1-5(12)9(14)8-6(10(15)11(16)17)3-2-4-7(8)13/h2-5,10,15H,1H3,(H,16,17). The second-order valence-corrected chi connectivity index (χ2v) is 5.21. The van der Waals surface area contributed by atoms with Gasteiger partial charge in [0.25, 0.3) is 0 Å². The van der Waals surface area contributed by atoms with E-state index in [1.807, 2.05) is 0 Å². The Bertz CT molecular complexity index is 459. The zero-order chi connectivity index (χ0) is 13.2. The van der Waals surface area contributed by atoms with Crippen LogP contribution in [0.1, 0.15) is 28.9 Å². The average Bonchev–Trinajstić information content (AvgIpc) is 2.26. The van der Waals surface area contributed by atoms with Crippen molar-refractivity contribution in [3.63, 3.8) is 0 Å². The molecule has 2 unspecified atom stereocenters. The number of hydrogen-bond donors (Lipinski definition) is 2. The molecule has 4 nitrogen and oxygen atoms in total. The average molecular weight is 322 g/mol. The molecule has 0 heterocycles. The van der Waals surface area contributed by atoms with Crippen molar-refractivity contribution in [2.24, 2.45) is 0 Å². The number of halogens is 2. The van der Waals surface area contributed by atoms with Gasteiger partial charge in [0.2, 0.25) is 0 Å². The number of carbonyl (C=O) groups is 2. The van der Waals surface area contributed by atoms with Crippen LogP contribution < -0.4 is 0 Å². The number of aliphatic carboxylic acids is 1. The Labute approximate surface area is 111 Å². The minimum atomic E-state index is -1.76. The predicted octanol–water partition coefficient (Wildman–Crippen LogP) is 2.42. The molecule has 2 atom stereocenters. The van der Waals surface area contributed by atoms with Crippen LogP contribution in [0.4, 0.5) is 0 Å². The first-order chi connectivity index (χ1) is 7.86. The lowest BCUT2D eigenvalue weighted by Crippen LogP contribution is -2.19. The SMILES string of the molecule is CC(Br)C(=O)c1c(Cl)cccc1C(O)C(=O)O. The summed E-state index contributed by atoms with van der Waals surface area (Å²) < 4.78 is 0. The Kier molecular flexibility index (Phi) is 4.68. The third-order valence-electron chi connectivity index (χ3n) is 2.18.